The van der Waals surface area contributed by atoms with E-state index < -0.39 is 5.97 Å². The number of benzene rings is 1. The van der Waals surface area contributed by atoms with E-state index in [0.717, 1.165) is 5.56 Å². The summed E-state index contributed by atoms with van der Waals surface area (Å²) in [5, 5.41) is 8.50. The van der Waals surface area contributed by atoms with Gasteiger partial charge in [0, 0.05) is 6.08 Å². The highest BCUT2D eigenvalue weighted by atomic mass is 16.6. The Bertz CT molecular complexity index is 340. The third-order valence-corrected chi connectivity index (χ3v) is 1.72. The third-order valence-electron chi connectivity index (χ3n) is 1.72. The summed E-state index contributed by atoms with van der Waals surface area (Å²) in [6.45, 7) is -0.350. The van der Waals surface area contributed by atoms with E-state index in [1.165, 1.54) is 13.2 Å². The van der Waals surface area contributed by atoms with Crippen LogP contribution >= 0.6 is 0 Å². The lowest BCUT2D eigenvalue weighted by Gasteiger charge is -2.01. The van der Waals surface area contributed by atoms with E-state index in [4.69, 9.17) is 9.84 Å². The van der Waals surface area contributed by atoms with Crippen LogP contribution in [-0.4, -0.2) is 25.0 Å². The number of aliphatic hydroxyl groups is 1. The molecule has 4 heteroatoms. The van der Waals surface area contributed by atoms with Crippen molar-refractivity contribution in [1.29, 1.82) is 0 Å². The molecular weight excluding hydrogens is 196 g/mol. The van der Waals surface area contributed by atoms with Crippen molar-refractivity contribution in [3.63, 3.8) is 0 Å². The molecule has 0 spiro atoms. The van der Waals surface area contributed by atoms with Gasteiger partial charge in [0.25, 0.3) is 0 Å². The number of hydrogen-bond donors (Lipinski definition) is 1. The van der Waals surface area contributed by atoms with Gasteiger partial charge in [-0.2, -0.15) is 0 Å². The normalized spacial score (nSPS) is 10.3. The van der Waals surface area contributed by atoms with Crippen LogP contribution in [0.5, 0.6) is 5.75 Å². The molecule has 0 aromatic heterocycles. The average molecular weight is 208 g/mol. The van der Waals surface area contributed by atoms with E-state index in [2.05, 4.69) is 4.74 Å². The molecule has 0 fully saturated rings. The van der Waals surface area contributed by atoms with E-state index in [1.54, 1.807) is 30.3 Å². The van der Waals surface area contributed by atoms with Crippen molar-refractivity contribution < 1.29 is 19.4 Å². The van der Waals surface area contributed by atoms with Crippen LogP contribution in [0.3, 0.4) is 0 Å². The first-order valence-electron chi connectivity index (χ1n) is 4.36. The topological polar surface area (TPSA) is 55.8 Å². The van der Waals surface area contributed by atoms with Gasteiger partial charge in [0.2, 0.25) is 0 Å². The second-order valence-electron chi connectivity index (χ2n) is 2.70. The van der Waals surface area contributed by atoms with Crippen molar-refractivity contribution in [2.45, 2.75) is 0 Å². The zero-order chi connectivity index (χ0) is 11.1. The van der Waals surface area contributed by atoms with Gasteiger partial charge in [0.05, 0.1) is 7.11 Å². The number of ether oxygens (including phenoxy) is 2. The Morgan fingerprint density at radius 3 is 2.60 bits per heavy atom. The third kappa shape index (κ3) is 3.83. The molecule has 1 rings (SSSR count). The van der Waals surface area contributed by atoms with Crippen LogP contribution in [0.15, 0.2) is 30.3 Å². The van der Waals surface area contributed by atoms with Gasteiger partial charge < -0.3 is 14.6 Å². The molecular formula is C11H12O4. The predicted molar refractivity (Wildman–Crippen MR) is 55.2 cm³/mol. The maximum atomic E-state index is 10.8. The van der Waals surface area contributed by atoms with Crippen LogP contribution in [0, 0.1) is 0 Å². The first kappa shape index (κ1) is 11.3. The quantitative estimate of drug-likeness (QED) is 0.459. The van der Waals surface area contributed by atoms with Crippen molar-refractivity contribution in [2.24, 2.45) is 0 Å². The Hall–Kier alpha value is -1.81. The monoisotopic (exact) mass is 208 g/mol. The van der Waals surface area contributed by atoms with Gasteiger partial charge in [-0.1, -0.05) is 12.1 Å². The molecule has 0 aliphatic carbocycles. The van der Waals surface area contributed by atoms with Gasteiger partial charge in [-0.05, 0) is 23.8 Å². The second-order valence-corrected chi connectivity index (χ2v) is 2.70. The lowest BCUT2D eigenvalue weighted by atomic mass is 10.2. The Morgan fingerprint density at radius 1 is 1.40 bits per heavy atom. The van der Waals surface area contributed by atoms with E-state index >= 15 is 0 Å². The van der Waals surface area contributed by atoms with Gasteiger partial charge in [-0.3, -0.25) is 0 Å². The summed E-state index contributed by atoms with van der Waals surface area (Å²) in [5.74, 6) is 0.179. The lowest BCUT2D eigenvalue weighted by Crippen LogP contribution is -1.94. The standard InChI is InChI=1S/C11H12O4/c1-14-11(13)7-4-9-2-5-10(6-3-9)15-8-12/h2-7,12H,8H2,1H3. The Balaban J connectivity index is 2.64. The lowest BCUT2D eigenvalue weighted by molar-refractivity contribution is -0.134. The van der Waals surface area contributed by atoms with Crippen LogP contribution in [0.25, 0.3) is 6.08 Å². The molecule has 4 nitrogen and oxygen atoms in total. The van der Waals surface area contributed by atoms with Crippen molar-refractivity contribution in [1.82, 2.24) is 0 Å². The smallest absolute Gasteiger partial charge is 0.330 e. The summed E-state index contributed by atoms with van der Waals surface area (Å²) in [7, 11) is 1.32. The van der Waals surface area contributed by atoms with E-state index in [-0.39, 0.29) is 6.79 Å². The molecule has 0 atom stereocenters. The molecule has 15 heavy (non-hydrogen) atoms. The van der Waals surface area contributed by atoms with Crippen LogP contribution in [0.1, 0.15) is 5.56 Å². The van der Waals surface area contributed by atoms with Crippen molar-refractivity contribution >= 4 is 12.0 Å². The summed E-state index contributed by atoms with van der Waals surface area (Å²) < 4.78 is 9.30. The van der Waals surface area contributed by atoms with Crippen LogP contribution in [0.4, 0.5) is 0 Å². The van der Waals surface area contributed by atoms with Gasteiger partial charge in [-0.25, -0.2) is 4.79 Å². The van der Waals surface area contributed by atoms with Gasteiger partial charge in [0.1, 0.15) is 5.75 Å². The molecule has 0 saturated heterocycles. The molecule has 0 unspecified atom stereocenters. The molecule has 0 heterocycles. The fourth-order valence-corrected chi connectivity index (χ4v) is 0.982. The number of methoxy groups -OCH3 is 1. The Morgan fingerprint density at radius 2 is 2.07 bits per heavy atom. The predicted octanol–water partition coefficient (Wildman–Crippen LogP) is 1.20. The van der Waals surface area contributed by atoms with Crippen LogP contribution in [-0.2, 0) is 9.53 Å². The molecule has 0 saturated carbocycles. The number of hydrogen-bond acceptors (Lipinski definition) is 4. The minimum absolute atomic E-state index is 0.350. The van der Waals surface area contributed by atoms with Crippen molar-refractivity contribution in [3.8, 4) is 5.75 Å². The second kappa shape index (κ2) is 5.82. The number of carbonyl (C=O) groups is 1. The maximum Gasteiger partial charge on any atom is 0.330 e. The first-order valence-corrected chi connectivity index (χ1v) is 4.36. The highest BCUT2D eigenvalue weighted by molar-refractivity contribution is 5.86. The molecule has 1 aromatic rings. The molecule has 0 bridgehead atoms. The molecule has 80 valence electrons. The Labute approximate surface area is 87.7 Å². The van der Waals surface area contributed by atoms with E-state index in [1.807, 2.05) is 0 Å². The number of aliphatic hydroxyl groups excluding tert-OH is 1. The maximum absolute atomic E-state index is 10.8. The number of esters is 1. The zero-order valence-corrected chi connectivity index (χ0v) is 8.34. The molecule has 1 N–H and O–H groups in total. The fourth-order valence-electron chi connectivity index (χ4n) is 0.982. The summed E-state index contributed by atoms with van der Waals surface area (Å²) >= 11 is 0. The van der Waals surface area contributed by atoms with Crippen LogP contribution in [0.2, 0.25) is 0 Å². The highest BCUT2D eigenvalue weighted by Gasteiger charge is 1.93. The largest absolute Gasteiger partial charge is 0.468 e. The minimum atomic E-state index is -0.398. The van der Waals surface area contributed by atoms with Crippen LogP contribution < -0.4 is 4.74 Å². The Kier molecular flexibility index (Phi) is 4.37. The summed E-state index contributed by atoms with van der Waals surface area (Å²) in [4.78, 5) is 10.8. The summed E-state index contributed by atoms with van der Waals surface area (Å²) in [6, 6.07) is 6.94. The first-order chi connectivity index (χ1) is 7.26. The molecule has 0 amide bonds. The highest BCUT2D eigenvalue weighted by Crippen LogP contribution is 2.12. The molecule has 0 radical (unpaired) electrons. The number of carbonyl (C=O) groups excluding carboxylic acids is 1. The molecule has 1 aromatic carbocycles. The van der Waals surface area contributed by atoms with E-state index in [9.17, 15) is 4.79 Å². The van der Waals surface area contributed by atoms with Crippen molar-refractivity contribution in [2.75, 3.05) is 13.9 Å². The molecule has 0 aliphatic rings. The fraction of sp³-hybridized carbons (Fsp3) is 0.182. The summed E-state index contributed by atoms with van der Waals surface area (Å²) in [5.41, 5.74) is 0.852. The summed E-state index contributed by atoms with van der Waals surface area (Å²) in [6.07, 6.45) is 2.97. The van der Waals surface area contributed by atoms with Gasteiger partial charge in [0.15, 0.2) is 6.79 Å². The molecule has 0 aliphatic heterocycles. The SMILES string of the molecule is COC(=O)C=Cc1ccc(OCO)cc1. The average Bonchev–Trinajstić information content (AvgIpc) is 2.28. The van der Waals surface area contributed by atoms with E-state index in [0.29, 0.717) is 5.75 Å². The minimum Gasteiger partial charge on any atom is -0.468 e. The number of rotatable bonds is 4. The zero-order valence-electron chi connectivity index (χ0n) is 8.34. The van der Waals surface area contributed by atoms with Crippen molar-refractivity contribution in [3.05, 3.63) is 35.9 Å². The van der Waals surface area contributed by atoms with Gasteiger partial charge >= 0.3 is 5.97 Å². The van der Waals surface area contributed by atoms with Gasteiger partial charge in [-0.15, -0.1) is 0 Å².